The fourth-order valence-electron chi connectivity index (χ4n) is 2.23. The maximum Gasteiger partial charge on any atom is 0.0406 e. The van der Waals surface area contributed by atoms with Crippen LogP contribution in [0.15, 0.2) is 24.3 Å². The predicted molar refractivity (Wildman–Crippen MR) is 68.8 cm³/mol. The molecule has 0 unspecified atom stereocenters. The van der Waals surface area contributed by atoms with E-state index in [4.69, 9.17) is 11.6 Å². The van der Waals surface area contributed by atoms with Gasteiger partial charge < -0.3 is 5.32 Å². The molecule has 2 rings (SSSR count). The van der Waals surface area contributed by atoms with Crippen LogP contribution in [-0.4, -0.2) is 30.1 Å². The molecule has 1 aliphatic rings. The molecule has 0 amide bonds. The molecule has 1 saturated heterocycles. The first kappa shape index (κ1) is 11.9. The van der Waals surface area contributed by atoms with Gasteiger partial charge in [-0.15, -0.1) is 0 Å². The van der Waals surface area contributed by atoms with E-state index in [-0.39, 0.29) is 5.54 Å². The summed E-state index contributed by atoms with van der Waals surface area (Å²) in [6, 6.07) is 8.14. The van der Waals surface area contributed by atoms with Crippen molar-refractivity contribution in [2.45, 2.75) is 25.9 Å². The zero-order valence-electron chi connectivity index (χ0n) is 9.96. The number of benzene rings is 1. The van der Waals surface area contributed by atoms with Crippen molar-refractivity contribution in [3.8, 4) is 0 Å². The Morgan fingerprint density at radius 3 is 2.62 bits per heavy atom. The first-order chi connectivity index (χ1) is 7.55. The molecule has 0 bridgehead atoms. The normalized spacial score (nSPS) is 20.9. The smallest absolute Gasteiger partial charge is 0.0406 e. The van der Waals surface area contributed by atoms with Gasteiger partial charge in [-0.2, -0.15) is 0 Å². The van der Waals surface area contributed by atoms with Gasteiger partial charge in [-0.1, -0.05) is 23.7 Å². The SMILES string of the molecule is CC1(C)CN(Cc2ccc(Cl)cc2)CCN1. The van der Waals surface area contributed by atoms with Crippen molar-refractivity contribution in [1.82, 2.24) is 10.2 Å². The summed E-state index contributed by atoms with van der Waals surface area (Å²) in [5.74, 6) is 0. The van der Waals surface area contributed by atoms with Crippen LogP contribution in [0.3, 0.4) is 0 Å². The van der Waals surface area contributed by atoms with Crippen LogP contribution in [0.2, 0.25) is 5.02 Å². The first-order valence-corrected chi connectivity index (χ1v) is 6.15. The molecule has 1 aromatic rings. The highest BCUT2D eigenvalue weighted by Crippen LogP contribution is 2.15. The summed E-state index contributed by atoms with van der Waals surface area (Å²) < 4.78 is 0. The Balaban J connectivity index is 1.97. The average Bonchev–Trinajstić information content (AvgIpc) is 2.20. The minimum absolute atomic E-state index is 0.227. The third-order valence-corrected chi connectivity index (χ3v) is 3.22. The maximum atomic E-state index is 5.88. The second-order valence-corrected chi connectivity index (χ2v) is 5.58. The van der Waals surface area contributed by atoms with E-state index in [0.29, 0.717) is 0 Å². The molecule has 1 N–H and O–H groups in total. The molecule has 0 aromatic heterocycles. The van der Waals surface area contributed by atoms with Crippen molar-refractivity contribution in [2.24, 2.45) is 0 Å². The van der Waals surface area contributed by atoms with E-state index in [1.54, 1.807) is 0 Å². The molecule has 0 saturated carbocycles. The molecule has 1 aromatic carbocycles. The van der Waals surface area contributed by atoms with Gasteiger partial charge in [0.05, 0.1) is 0 Å². The van der Waals surface area contributed by atoms with E-state index >= 15 is 0 Å². The molecule has 0 radical (unpaired) electrons. The van der Waals surface area contributed by atoms with Crippen molar-refractivity contribution < 1.29 is 0 Å². The van der Waals surface area contributed by atoms with Gasteiger partial charge in [0, 0.05) is 36.7 Å². The minimum atomic E-state index is 0.227. The largest absolute Gasteiger partial charge is 0.309 e. The van der Waals surface area contributed by atoms with E-state index in [1.165, 1.54) is 5.56 Å². The van der Waals surface area contributed by atoms with Gasteiger partial charge in [0.2, 0.25) is 0 Å². The van der Waals surface area contributed by atoms with Crippen LogP contribution in [-0.2, 0) is 6.54 Å². The second kappa shape index (κ2) is 4.74. The molecule has 0 atom stereocenters. The van der Waals surface area contributed by atoms with E-state index in [9.17, 15) is 0 Å². The van der Waals surface area contributed by atoms with Gasteiger partial charge in [0.1, 0.15) is 0 Å². The number of nitrogens with one attached hydrogen (secondary N) is 1. The molecule has 0 spiro atoms. The molecule has 88 valence electrons. The number of rotatable bonds is 2. The standard InChI is InChI=1S/C13H19ClN2/c1-13(2)10-16(8-7-15-13)9-11-3-5-12(14)6-4-11/h3-6,15H,7-10H2,1-2H3. The highest BCUT2D eigenvalue weighted by Gasteiger charge is 2.25. The van der Waals surface area contributed by atoms with Crippen molar-refractivity contribution in [1.29, 1.82) is 0 Å². The lowest BCUT2D eigenvalue weighted by molar-refractivity contribution is 0.148. The zero-order valence-corrected chi connectivity index (χ0v) is 10.7. The van der Waals surface area contributed by atoms with Gasteiger partial charge in [-0.05, 0) is 31.5 Å². The summed E-state index contributed by atoms with van der Waals surface area (Å²) in [5.41, 5.74) is 1.56. The molecular formula is C13H19ClN2. The first-order valence-electron chi connectivity index (χ1n) is 5.77. The highest BCUT2D eigenvalue weighted by molar-refractivity contribution is 6.30. The topological polar surface area (TPSA) is 15.3 Å². The fraction of sp³-hybridized carbons (Fsp3) is 0.538. The summed E-state index contributed by atoms with van der Waals surface area (Å²) in [5, 5.41) is 4.33. The van der Waals surface area contributed by atoms with Crippen LogP contribution >= 0.6 is 11.6 Å². The van der Waals surface area contributed by atoms with Crippen LogP contribution in [0, 0.1) is 0 Å². The number of piperazine rings is 1. The van der Waals surface area contributed by atoms with Crippen LogP contribution in [0.4, 0.5) is 0 Å². The Kier molecular flexibility index (Phi) is 3.53. The molecule has 1 heterocycles. The van der Waals surface area contributed by atoms with Gasteiger partial charge in [0.15, 0.2) is 0 Å². The second-order valence-electron chi connectivity index (χ2n) is 5.15. The summed E-state index contributed by atoms with van der Waals surface area (Å²) in [6.07, 6.45) is 0. The van der Waals surface area contributed by atoms with Gasteiger partial charge in [-0.3, -0.25) is 4.90 Å². The lowest BCUT2D eigenvalue weighted by Gasteiger charge is -2.39. The quantitative estimate of drug-likeness (QED) is 0.852. The zero-order chi connectivity index (χ0) is 11.6. The predicted octanol–water partition coefficient (Wildman–Crippen LogP) is 2.52. The molecule has 1 fully saturated rings. The average molecular weight is 239 g/mol. The summed E-state index contributed by atoms with van der Waals surface area (Å²) in [7, 11) is 0. The van der Waals surface area contributed by atoms with Crippen molar-refractivity contribution in [3.05, 3.63) is 34.9 Å². The summed E-state index contributed by atoms with van der Waals surface area (Å²) >= 11 is 5.88. The Morgan fingerprint density at radius 2 is 2.00 bits per heavy atom. The molecule has 0 aliphatic carbocycles. The molecule has 16 heavy (non-hydrogen) atoms. The van der Waals surface area contributed by atoms with Gasteiger partial charge in [-0.25, -0.2) is 0 Å². The molecule has 2 nitrogen and oxygen atoms in total. The third kappa shape index (κ3) is 3.21. The lowest BCUT2D eigenvalue weighted by atomic mass is 10.0. The summed E-state index contributed by atoms with van der Waals surface area (Å²) in [4.78, 5) is 2.49. The maximum absolute atomic E-state index is 5.88. The molecular weight excluding hydrogens is 220 g/mol. The number of hydrogen-bond donors (Lipinski definition) is 1. The van der Waals surface area contributed by atoms with Crippen molar-refractivity contribution >= 4 is 11.6 Å². The Bertz CT molecular complexity index is 345. The van der Waals surface area contributed by atoms with E-state index in [0.717, 1.165) is 31.2 Å². The van der Waals surface area contributed by atoms with Crippen molar-refractivity contribution in [2.75, 3.05) is 19.6 Å². The van der Waals surface area contributed by atoms with E-state index in [1.807, 2.05) is 12.1 Å². The van der Waals surface area contributed by atoms with Gasteiger partial charge in [0.25, 0.3) is 0 Å². The Labute approximate surface area is 103 Å². The van der Waals surface area contributed by atoms with E-state index in [2.05, 4.69) is 36.2 Å². The van der Waals surface area contributed by atoms with Gasteiger partial charge >= 0.3 is 0 Å². The fourth-order valence-corrected chi connectivity index (χ4v) is 2.36. The Morgan fingerprint density at radius 1 is 1.31 bits per heavy atom. The number of nitrogens with zero attached hydrogens (tertiary/aromatic N) is 1. The molecule has 3 heteroatoms. The highest BCUT2D eigenvalue weighted by atomic mass is 35.5. The van der Waals surface area contributed by atoms with E-state index < -0.39 is 0 Å². The number of halogens is 1. The van der Waals surface area contributed by atoms with Crippen LogP contribution in [0.1, 0.15) is 19.4 Å². The Hall–Kier alpha value is -0.570. The van der Waals surface area contributed by atoms with Crippen LogP contribution in [0.25, 0.3) is 0 Å². The van der Waals surface area contributed by atoms with Crippen LogP contribution < -0.4 is 5.32 Å². The monoisotopic (exact) mass is 238 g/mol. The molecule has 1 aliphatic heterocycles. The summed E-state index contributed by atoms with van der Waals surface area (Å²) in [6.45, 7) is 8.80. The lowest BCUT2D eigenvalue weighted by Crippen LogP contribution is -2.56. The minimum Gasteiger partial charge on any atom is -0.309 e. The van der Waals surface area contributed by atoms with Crippen LogP contribution in [0.5, 0.6) is 0 Å². The van der Waals surface area contributed by atoms with Crippen molar-refractivity contribution in [3.63, 3.8) is 0 Å². The number of hydrogen-bond acceptors (Lipinski definition) is 2. The third-order valence-electron chi connectivity index (χ3n) is 2.97.